The number of aryl methyl sites for hydroxylation is 1. The first-order valence-corrected chi connectivity index (χ1v) is 6.50. The Kier molecular flexibility index (Phi) is 4.09. The second kappa shape index (κ2) is 5.77. The molecule has 0 bridgehead atoms. The van der Waals surface area contributed by atoms with Crippen molar-refractivity contribution in [3.8, 4) is 6.07 Å². The fourth-order valence-electron chi connectivity index (χ4n) is 1.97. The molecule has 19 heavy (non-hydrogen) atoms. The molecule has 96 valence electrons. The summed E-state index contributed by atoms with van der Waals surface area (Å²) in [5.74, 6) is 0. The third kappa shape index (κ3) is 3.27. The van der Waals surface area contributed by atoms with Crippen LogP contribution in [-0.2, 0) is 0 Å². The van der Waals surface area contributed by atoms with Crippen molar-refractivity contribution in [2.45, 2.75) is 19.9 Å². The van der Waals surface area contributed by atoms with Gasteiger partial charge in [-0.05, 0) is 37.6 Å². The Morgan fingerprint density at radius 1 is 1.21 bits per heavy atom. The van der Waals surface area contributed by atoms with Gasteiger partial charge in [-0.15, -0.1) is 0 Å². The fraction of sp³-hybridized carbons (Fsp3) is 0.188. The summed E-state index contributed by atoms with van der Waals surface area (Å²) >= 11 is 6.02. The van der Waals surface area contributed by atoms with Crippen LogP contribution in [0.15, 0.2) is 42.5 Å². The van der Waals surface area contributed by atoms with Crippen LogP contribution < -0.4 is 5.32 Å². The number of halogens is 1. The van der Waals surface area contributed by atoms with Gasteiger partial charge in [0.15, 0.2) is 0 Å². The maximum atomic E-state index is 8.84. The maximum Gasteiger partial charge on any atom is 0.101 e. The van der Waals surface area contributed by atoms with Gasteiger partial charge in [0.25, 0.3) is 0 Å². The first-order valence-electron chi connectivity index (χ1n) is 6.13. The van der Waals surface area contributed by atoms with E-state index in [1.54, 1.807) is 12.1 Å². The molecule has 2 rings (SSSR count). The number of nitrogens with one attached hydrogen (secondary N) is 1. The number of rotatable bonds is 3. The Bertz CT molecular complexity index is 629. The number of benzene rings is 2. The Balaban J connectivity index is 2.17. The van der Waals surface area contributed by atoms with E-state index in [9.17, 15) is 0 Å². The summed E-state index contributed by atoms with van der Waals surface area (Å²) in [6, 6.07) is 16.0. The fourth-order valence-corrected chi connectivity index (χ4v) is 2.19. The molecule has 1 N–H and O–H groups in total. The Morgan fingerprint density at radius 2 is 2.00 bits per heavy atom. The van der Waals surface area contributed by atoms with Gasteiger partial charge in [0, 0.05) is 11.7 Å². The molecule has 0 aromatic heterocycles. The predicted octanol–water partition coefficient (Wildman–Crippen LogP) is 4.69. The largest absolute Gasteiger partial charge is 0.378 e. The number of anilines is 1. The van der Waals surface area contributed by atoms with Gasteiger partial charge < -0.3 is 5.32 Å². The molecule has 2 aromatic rings. The van der Waals surface area contributed by atoms with Crippen molar-refractivity contribution in [3.05, 3.63) is 64.2 Å². The molecule has 0 aliphatic rings. The lowest BCUT2D eigenvalue weighted by Gasteiger charge is -2.16. The zero-order chi connectivity index (χ0) is 13.8. The van der Waals surface area contributed by atoms with Crippen molar-refractivity contribution in [2.75, 3.05) is 5.32 Å². The van der Waals surface area contributed by atoms with Gasteiger partial charge in [-0.25, -0.2) is 0 Å². The smallest absolute Gasteiger partial charge is 0.101 e. The van der Waals surface area contributed by atoms with Gasteiger partial charge in [-0.2, -0.15) is 5.26 Å². The average Bonchev–Trinajstić information content (AvgIpc) is 2.39. The number of nitriles is 1. The van der Waals surface area contributed by atoms with E-state index in [-0.39, 0.29) is 6.04 Å². The summed E-state index contributed by atoms with van der Waals surface area (Å²) in [6.07, 6.45) is 0. The summed E-state index contributed by atoms with van der Waals surface area (Å²) in [6.45, 7) is 4.18. The van der Waals surface area contributed by atoms with Crippen molar-refractivity contribution >= 4 is 17.3 Å². The molecular formula is C16H15ClN2. The topological polar surface area (TPSA) is 35.8 Å². The third-order valence-corrected chi connectivity index (χ3v) is 3.33. The van der Waals surface area contributed by atoms with Crippen molar-refractivity contribution in [2.24, 2.45) is 0 Å². The SMILES string of the molecule is Cc1cccc(C(C)Nc2ccc(C#N)c(Cl)c2)c1. The minimum absolute atomic E-state index is 0.184. The van der Waals surface area contributed by atoms with Crippen LogP contribution in [0.3, 0.4) is 0 Å². The minimum Gasteiger partial charge on any atom is -0.378 e. The number of hydrogen-bond donors (Lipinski definition) is 1. The zero-order valence-corrected chi connectivity index (χ0v) is 11.7. The van der Waals surface area contributed by atoms with Crippen LogP contribution in [0.4, 0.5) is 5.69 Å². The zero-order valence-electron chi connectivity index (χ0n) is 10.9. The Morgan fingerprint density at radius 3 is 2.63 bits per heavy atom. The molecule has 1 atom stereocenters. The maximum absolute atomic E-state index is 8.84. The minimum atomic E-state index is 0.184. The lowest BCUT2D eigenvalue weighted by Crippen LogP contribution is -2.06. The van der Waals surface area contributed by atoms with Gasteiger partial charge in [0.05, 0.1) is 10.6 Å². The monoisotopic (exact) mass is 270 g/mol. The molecule has 0 amide bonds. The summed E-state index contributed by atoms with van der Waals surface area (Å²) in [4.78, 5) is 0. The lowest BCUT2D eigenvalue weighted by atomic mass is 10.1. The molecule has 0 heterocycles. The van der Waals surface area contributed by atoms with Crippen LogP contribution in [0.25, 0.3) is 0 Å². The number of nitrogens with zero attached hydrogens (tertiary/aromatic N) is 1. The van der Waals surface area contributed by atoms with E-state index in [4.69, 9.17) is 16.9 Å². The van der Waals surface area contributed by atoms with Crippen molar-refractivity contribution in [1.82, 2.24) is 0 Å². The third-order valence-electron chi connectivity index (χ3n) is 3.01. The molecule has 0 radical (unpaired) electrons. The molecule has 1 unspecified atom stereocenters. The molecule has 0 fully saturated rings. The van der Waals surface area contributed by atoms with E-state index < -0.39 is 0 Å². The molecule has 2 nitrogen and oxygen atoms in total. The van der Waals surface area contributed by atoms with E-state index in [1.807, 2.05) is 6.07 Å². The lowest BCUT2D eigenvalue weighted by molar-refractivity contribution is 0.883. The highest BCUT2D eigenvalue weighted by Crippen LogP contribution is 2.24. The molecule has 0 saturated carbocycles. The highest BCUT2D eigenvalue weighted by molar-refractivity contribution is 6.32. The summed E-state index contributed by atoms with van der Waals surface area (Å²) in [7, 11) is 0. The van der Waals surface area contributed by atoms with E-state index in [0.717, 1.165) is 5.69 Å². The normalized spacial score (nSPS) is 11.7. The van der Waals surface area contributed by atoms with Gasteiger partial charge >= 0.3 is 0 Å². The van der Waals surface area contributed by atoms with Gasteiger partial charge in [-0.1, -0.05) is 41.4 Å². The van der Waals surface area contributed by atoms with Crippen LogP contribution in [0.2, 0.25) is 5.02 Å². The average molecular weight is 271 g/mol. The van der Waals surface area contributed by atoms with E-state index >= 15 is 0 Å². The van der Waals surface area contributed by atoms with Crippen LogP contribution >= 0.6 is 11.6 Å². The van der Waals surface area contributed by atoms with Crippen LogP contribution in [0.5, 0.6) is 0 Å². The molecule has 0 aliphatic carbocycles. The molecule has 0 aliphatic heterocycles. The highest BCUT2D eigenvalue weighted by Gasteiger charge is 2.07. The summed E-state index contributed by atoms with van der Waals surface area (Å²) < 4.78 is 0. The van der Waals surface area contributed by atoms with Crippen LogP contribution in [0.1, 0.15) is 29.7 Å². The molecule has 0 spiro atoms. The summed E-state index contributed by atoms with van der Waals surface area (Å²) in [5, 5.41) is 12.7. The van der Waals surface area contributed by atoms with Crippen molar-refractivity contribution in [3.63, 3.8) is 0 Å². The van der Waals surface area contributed by atoms with Crippen LogP contribution in [-0.4, -0.2) is 0 Å². The molecule has 3 heteroatoms. The van der Waals surface area contributed by atoms with E-state index in [2.05, 4.69) is 49.5 Å². The number of hydrogen-bond acceptors (Lipinski definition) is 2. The first kappa shape index (κ1) is 13.5. The van der Waals surface area contributed by atoms with Gasteiger partial charge in [0.1, 0.15) is 6.07 Å². The predicted molar refractivity (Wildman–Crippen MR) is 79.4 cm³/mol. The molecule has 2 aromatic carbocycles. The van der Waals surface area contributed by atoms with Crippen molar-refractivity contribution < 1.29 is 0 Å². The quantitative estimate of drug-likeness (QED) is 0.878. The van der Waals surface area contributed by atoms with Gasteiger partial charge in [-0.3, -0.25) is 0 Å². The highest BCUT2D eigenvalue weighted by atomic mass is 35.5. The van der Waals surface area contributed by atoms with Gasteiger partial charge in [0.2, 0.25) is 0 Å². The van der Waals surface area contributed by atoms with Crippen LogP contribution in [0, 0.1) is 18.3 Å². The van der Waals surface area contributed by atoms with E-state index in [0.29, 0.717) is 10.6 Å². The first-order chi connectivity index (χ1) is 9.10. The van der Waals surface area contributed by atoms with Crippen molar-refractivity contribution in [1.29, 1.82) is 5.26 Å². The summed E-state index contributed by atoms with van der Waals surface area (Å²) in [5.41, 5.74) is 3.87. The Hall–Kier alpha value is -1.98. The molecular weight excluding hydrogens is 256 g/mol. The second-order valence-electron chi connectivity index (χ2n) is 4.59. The van der Waals surface area contributed by atoms with E-state index in [1.165, 1.54) is 11.1 Å². The standard InChI is InChI=1S/C16H15ClN2/c1-11-4-3-5-13(8-11)12(2)19-15-7-6-14(10-18)16(17)9-15/h3-9,12,19H,1-2H3. The Labute approximate surface area is 118 Å². The molecule has 0 saturated heterocycles. The second-order valence-corrected chi connectivity index (χ2v) is 4.99.